The number of aryl methyl sites for hydroxylation is 1. The molecule has 0 saturated carbocycles. The normalized spacial score (nSPS) is 13.3. The fourth-order valence-electron chi connectivity index (χ4n) is 3.17. The number of non-ortho nitro benzene ring substituents is 1. The van der Waals surface area contributed by atoms with Gasteiger partial charge in [0.15, 0.2) is 0 Å². The lowest BCUT2D eigenvalue weighted by Gasteiger charge is -2.26. The van der Waals surface area contributed by atoms with Gasteiger partial charge in [-0.25, -0.2) is 8.42 Å². The minimum Gasteiger partial charge on any atom is -0.310 e. The Balaban J connectivity index is 1.92. The first-order valence-electron chi connectivity index (χ1n) is 8.29. The lowest BCUT2D eigenvalue weighted by molar-refractivity contribution is -0.384. The van der Waals surface area contributed by atoms with E-state index in [4.69, 9.17) is 0 Å². The highest BCUT2D eigenvalue weighted by Gasteiger charge is 2.30. The van der Waals surface area contributed by atoms with Crippen molar-refractivity contribution < 1.29 is 18.1 Å². The highest BCUT2D eigenvalue weighted by atomic mass is 32.2. The maximum Gasteiger partial charge on any atom is 0.271 e. The predicted molar refractivity (Wildman–Crippen MR) is 103 cm³/mol. The average molecular weight is 389 g/mol. The molecule has 0 aromatic heterocycles. The zero-order valence-corrected chi connectivity index (χ0v) is 15.8. The fraction of sp³-hybridized carbons (Fsp3) is 0.278. The first kappa shape index (κ1) is 18.8. The van der Waals surface area contributed by atoms with E-state index in [0.717, 1.165) is 21.7 Å². The van der Waals surface area contributed by atoms with Crippen LogP contribution >= 0.6 is 0 Å². The summed E-state index contributed by atoms with van der Waals surface area (Å²) in [6, 6.07) is 11.3. The van der Waals surface area contributed by atoms with Gasteiger partial charge in [-0.3, -0.25) is 19.2 Å². The summed E-state index contributed by atoms with van der Waals surface area (Å²) in [7, 11) is -3.69. The highest BCUT2D eigenvalue weighted by Crippen LogP contribution is 2.32. The Bertz CT molecular complexity index is 1020. The van der Waals surface area contributed by atoms with Gasteiger partial charge in [-0.15, -0.1) is 0 Å². The van der Waals surface area contributed by atoms with E-state index in [1.807, 2.05) is 0 Å². The second-order valence-corrected chi connectivity index (χ2v) is 8.33. The summed E-state index contributed by atoms with van der Waals surface area (Å²) in [6.45, 7) is 1.76. The molecule has 0 bridgehead atoms. The van der Waals surface area contributed by atoms with E-state index < -0.39 is 20.9 Å². The molecule has 142 valence electrons. The van der Waals surface area contributed by atoms with Crippen molar-refractivity contribution in [2.75, 3.05) is 28.6 Å². The molecule has 0 spiro atoms. The van der Waals surface area contributed by atoms with Crippen molar-refractivity contribution in [3.05, 3.63) is 63.7 Å². The Morgan fingerprint density at radius 3 is 2.59 bits per heavy atom. The molecule has 1 aliphatic heterocycles. The third-order valence-electron chi connectivity index (χ3n) is 4.54. The topological polar surface area (TPSA) is 101 Å². The first-order valence-corrected chi connectivity index (χ1v) is 10.1. The van der Waals surface area contributed by atoms with E-state index >= 15 is 0 Å². The molecule has 2 aromatic carbocycles. The van der Waals surface area contributed by atoms with Gasteiger partial charge < -0.3 is 4.90 Å². The highest BCUT2D eigenvalue weighted by molar-refractivity contribution is 7.92. The van der Waals surface area contributed by atoms with Gasteiger partial charge in [-0.1, -0.05) is 24.3 Å². The van der Waals surface area contributed by atoms with Crippen LogP contribution in [0.2, 0.25) is 0 Å². The lowest BCUT2D eigenvalue weighted by Crippen LogP contribution is -2.42. The number of para-hydroxylation sites is 1. The monoisotopic (exact) mass is 389 g/mol. The van der Waals surface area contributed by atoms with Gasteiger partial charge in [0, 0.05) is 18.7 Å². The van der Waals surface area contributed by atoms with E-state index in [9.17, 15) is 23.3 Å². The second kappa shape index (κ2) is 6.99. The molecule has 0 saturated heterocycles. The van der Waals surface area contributed by atoms with Gasteiger partial charge in [-0.2, -0.15) is 0 Å². The summed E-state index contributed by atoms with van der Waals surface area (Å²) in [6.07, 6.45) is 1.62. The van der Waals surface area contributed by atoms with Crippen molar-refractivity contribution in [3.8, 4) is 0 Å². The summed E-state index contributed by atoms with van der Waals surface area (Å²) in [4.78, 5) is 24.8. The number of sulfonamides is 1. The summed E-state index contributed by atoms with van der Waals surface area (Å²) in [5, 5.41) is 11.0. The van der Waals surface area contributed by atoms with Crippen LogP contribution in [0.15, 0.2) is 42.5 Å². The number of carbonyl (C=O) groups is 1. The van der Waals surface area contributed by atoms with Gasteiger partial charge in [0.2, 0.25) is 15.9 Å². The molecule has 1 aliphatic rings. The lowest BCUT2D eigenvalue weighted by atomic mass is 10.1. The molecule has 2 aromatic rings. The van der Waals surface area contributed by atoms with Crippen LogP contribution in [-0.4, -0.2) is 38.6 Å². The number of carbonyl (C=O) groups excluding carboxylic acids is 1. The smallest absolute Gasteiger partial charge is 0.271 e. The molecular weight excluding hydrogens is 370 g/mol. The summed E-state index contributed by atoms with van der Waals surface area (Å²) >= 11 is 0. The standard InChI is InChI=1S/C18H19N3O5S/c1-13-5-3-4-6-16(13)20(27(2,25)26)12-18(22)19-10-9-14-7-8-15(21(23)24)11-17(14)19/h3-8,11H,9-10,12H2,1-2H3. The summed E-state index contributed by atoms with van der Waals surface area (Å²) in [5.41, 5.74) is 2.36. The largest absolute Gasteiger partial charge is 0.310 e. The number of nitro groups is 1. The Morgan fingerprint density at radius 1 is 1.26 bits per heavy atom. The molecule has 3 rings (SSSR count). The Morgan fingerprint density at radius 2 is 1.96 bits per heavy atom. The number of anilines is 2. The third kappa shape index (κ3) is 3.77. The van der Waals surface area contributed by atoms with Crippen molar-refractivity contribution in [2.24, 2.45) is 0 Å². The Hall–Kier alpha value is -2.94. The number of benzene rings is 2. The molecule has 8 nitrogen and oxygen atoms in total. The number of rotatable bonds is 5. The van der Waals surface area contributed by atoms with Crippen LogP contribution in [0.25, 0.3) is 0 Å². The summed E-state index contributed by atoms with van der Waals surface area (Å²) in [5.74, 6) is -0.428. The number of hydrogen-bond acceptors (Lipinski definition) is 5. The molecule has 1 amide bonds. The Labute approximate surface area is 157 Å². The van der Waals surface area contributed by atoms with Crippen LogP contribution < -0.4 is 9.21 Å². The number of hydrogen-bond donors (Lipinski definition) is 0. The minimum absolute atomic E-state index is 0.104. The van der Waals surface area contributed by atoms with Crippen molar-refractivity contribution in [1.29, 1.82) is 0 Å². The van der Waals surface area contributed by atoms with Crippen molar-refractivity contribution in [2.45, 2.75) is 13.3 Å². The molecular formula is C18H19N3O5S. The van der Waals surface area contributed by atoms with E-state index in [2.05, 4.69) is 0 Å². The van der Waals surface area contributed by atoms with Gasteiger partial charge in [-0.05, 0) is 30.5 Å². The molecule has 27 heavy (non-hydrogen) atoms. The maximum atomic E-state index is 12.9. The fourth-order valence-corrected chi connectivity index (χ4v) is 4.08. The average Bonchev–Trinajstić information content (AvgIpc) is 3.02. The van der Waals surface area contributed by atoms with Crippen LogP contribution in [0.4, 0.5) is 17.1 Å². The van der Waals surface area contributed by atoms with Crippen LogP contribution in [0.3, 0.4) is 0 Å². The predicted octanol–water partition coefficient (Wildman–Crippen LogP) is 2.26. The van der Waals surface area contributed by atoms with Gasteiger partial charge >= 0.3 is 0 Å². The van der Waals surface area contributed by atoms with Crippen molar-refractivity contribution in [1.82, 2.24) is 0 Å². The number of fused-ring (bicyclic) bond motifs is 1. The molecule has 0 N–H and O–H groups in total. The minimum atomic E-state index is -3.69. The molecule has 0 atom stereocenters. The first-order chi connectivity index (χ1) is 12.7. The molecule has 1 heterocycles. The second-order valence-electron chi connectivity index (χ2n) is 6.42. The molecule has 0 aliphatic carbocycles. The van der Waals surface area contributed by atoms with Gasteiger partial charge in [0.05, 0.1) is 22.6 Å². The maximum absolute atomic E-state index is 12.9. The summed E-state index contributed by atoms with van der Waals surface area (Å²) < 4.78 is 25.6. The van der Waals surface area contributed by atoms with E-state index in [1.54, 1.807) is 37.3 Å². The van der Waals surface area contributed by atoms with E-state index in [1.165, 1.54) is 17.0 Å². The molecule has 0 fully saturated rings. The zero-order valence-electron chi connectivity index (χ0n) is 15.0. The van der Waals surface area contributed by atoms with Gasteiger partial charge in [0.25, 0.3) is 5.69 Å². The van der Waals surface area contributed by atoms with Crippen LogP contribution in [-0.2, 0) is 21.2 Å². The van der Waals surface area contributed by atoms with Crippen molar-refractivity contribution in [3.63, 3.8) is 0 Å². The molecule has 0 radical (unpaired) electrons. The number of nitrogens with zero attached hydrogens (tertiary/aromatic N) is 3. The van der Waals surface area contributed by atoms with Crippen LogP contribution in [0.1, 0.15) is 11.1 Å². The van der Waals surface area contributed by atoms with Gasteiger partial charge in [0.1, 0.15) is 6.54 Å². The number of nitro benzene ring substituents is 1. The quantitative estimate of drug-likeness (QED) is 0.577. The van der Waals surface area contributed by atoms with Crippen LogP contribution in [0, 0.1) is 17.0 Å². The van der Waals surface area contributed by atoms with Crippen LogP contribution in [0.5, 0.6) is 0 Å². The zero-order chi connectivity index (χ0) is 19.8. The van der Waals surface area contributed by atoms with E-state index in [-0.39, 0.29) is 12.2 Å². The number of amides is 1. The van der Waals surface area contributed by atoms with Crippen molar-refractivity contribution >= 4 is 33.0 Å². The molecule has 9 heteroatoms. The molecule has 0 unspecified atom stereocenters. The third-order valence-corrected chi connectivity index (χ3v) is 5.67. The Kier molecular flexibility index (Phi) is 4.88. The SMILES string of the molecule is Cc1ccccc1N(CC(=O)N1CCc2ccc([N+](=O)[O-])cc21)S(C)(=O)=O. The van der Waals surface area contributed by atoms with E-state index in [0.29, 0.717) is 24.3 Å².